The molecule has 0 atom stereocenters. The molecular formula is C22H25N5OS. The maximum absolute atomic E-state index is 10.6. The Kier molecular flexibility index (Phi) is 7.10. The molecular weight excluding hydrogens is 382 g/mol. The smallest absolute Gasteiger partial charge is 0.211 e. The van der Waals surface area contributed by atoms with Crippen LogP contribution in [0.4, 0.5) is 11.5 Å². The van der Waals surface area contributed by atoms with E-state index in [1.165, 1.54) is 19.2 Å². The molecule has 0 unspecified atom stereocenters. The van der Waals surface area contributed by atoms with Gasteiger partial charge in [0.05, 0.1) is 10.2 Å². The van der Waals surface area contributed by atoms with E-state index in [4.69, 9.17) is 5.73 Å². The predicted molar refractivity (Wildman–Crippen MR) is 123 cm³/mol. The first-order chi connectivity index (χ1) is 14.2. The van der Waals surface area contributed by atoms with Gasteiger partial charge in [-0.2, -0.15) is 0 Å². The number of unbranched alkanes of at least 4 members (excludes halogenated alkanes) is 1. The summed E-state index contributed by atoms with van der Waals surface area (Å²) in [6.45, 7) is 3.36. The number of nitrogens with two attached hydrogens (primary N) is 1. The quantitative estimate of drug-likeness (QED) is 0.319. The van der Waals surface area contributed by atoms with E-state index in [9.17, 15) is 4.79 Å². The average molecular weight is 408 g/mol. The van der Waals surface area contributed by atoms with Crippen LogP contribution in [-0.4, -0.2) is 30.0 Å². The molecule has 6 nitrogen and oxygen atoms in total. The van der Waals surface area contributed by atoms with Gasteiger partial charge in [0, 0.05) is 15.8 Å². The van der Waals surface area contributed by atoms with Crippen molar-refractivity contribution in [1.29, 1.82) is 0 Å². The molecule has 0 saturated heterocycles. The maximum atomic E-state index is 10.6. The SMILES string of the molecule is CCCCNC.Nc1ncnc2c1sc1cc(-c3cccc(NC=O)c3)ccc12. The van der Waals surface area contributed by atoms with E-state index >= 15 is 0 Å². The molecule has 2 heterocycles. The number of aromatic nitrogens is 2. The van der Waals surface area contributed by atoms with Crippen molar-refractivity contribution in [3.8, 4) is 11.1 Å². The summed E-state index contributed by atoms with van der Waals surface area (Å²) in [7, 11) is 1.98. The first-order valence-electron chi connectivity index (χ1n) is 9.55. The highest BCUT2D eigenvalue weighted by atomic mass is 32.1. The number of hydrogen-bond acceptors (Lipinski definition) is 6. The van der Waals surface area contributed by atoms with E-state index in [0.717, 1.165) is 43.7 Å². The number of rotatable bonds is 6. The van der Waals surface area contributed by atoms with Crippen molar-refractivity contribution < 1.29 is 4.79 Å². The third-order valence-electron chi connectivity index (χ3n) is 4.48. The molecule has 2 aromatic carbocycles. The summed E-state index contributed by atoms with van der Waals surface area (Å²) in [6, 6.07) is 13.9. The van der Waals surface area contributed by atoms with Gasteiger partial charge in [0.1, 0.15) is 12.1 Å². The summed E-state index contributed by atoms with van der Waals surface area (Å²) < 4.78 is 2.02. The van der Waals surface area contributed by atoms with E-state index in [1.807, 2.05) is 37.4 Å². The van der Waals surface area contributed by atoms with Crippen LogP contribution in [0.25, 0.3) is 31.4 Å². The molecule has 1 amide bonds. The topological polar surface area (TPSA) is 92.9 Å². The Morgan fingerprint density at radius 3 is 2.69 bits per heavy atom. The molecule has 0 fully saturated rings. The van der Waals surface area contributed by atoms with Crippen LogP contribution in [0.3, 0.4) is 0 Å². The number of carbonyl (C=O) groups is 1. The number of fused-ring (bicyclic) bond motifs is 3. The summed E-state index contributed by atoms with van der Waals surface area (Å²) in [5, 5.41) is 6.81. The molecule has 4 rings (SSSR count). The zero-order chi connectivity index (χ0) is 20.6. The lowest BCUT2D eigenvalue weighted by Gasteiger charge is -2.05. The highest BCUT2D eigenvalue weighted by Crippen LogP contribution is 2.37. The van der Waals surface area contributed by atoms with Gasteiger partial charge in [-0.05, 0) is 49.3 Å². The fourth-order valence-electron chi connectivity index (χ4n) is 2.98. The van der Waals surface area contributed by atoms with Crippen molar-refractivity contribution >= 4 is 49.6 Å². The Morgan fingerprint density at radius 1 is 1.14 bits per heavy atom. The van der Waals surface area contributed by atoms with Crippen LogP contribution in [0, 0.1) is 0 Å². The molecule has 7 heteroatoms. The first-order valence-corrected chi connectivity index (χ1v) is 10.4. The second-order valence-electron chi connectivity index (χ2n) is 6.55. The summed E-state index contributed by atoms with van der Waals surface area (Å²) >= 11 is 1.59. The first kappa shape index (κ1) is 20.7. The Labute approximate surface area is 174 Å². The van der Waals surface area contributed by atoms with Crippen LogP contribution in [-0.2, 0) is 4.79 Å². The Balaban J connectivity index is 0.000000353. The number of hydrogen-bond donors (Lipinski definition) is 3. The standard InChI is InChI=1S/C17H12N4OS.C5H13N/c18-17-16-15(19-8-20-17)13-5-4-11(7-14(13)23-16)10-2-1-3-12(6-10)21-9-22;1-3-4-5-6-2/h1-9H,(H,21,22)(H2,18,19,20);6H,3-5H2,1-2H3. The van der Waals surface area contributed by atoms with Crippen molar-refractivity contribution in [2.75, 3.05) is 24.6 Å². The molecule has 4 aromatic rings. The van der Waals surface area contributed by atoms with Gasteiger partial charge >= 0.3 is 0 Å². The van der Waals surface area contributed by atoms with E-state index in [1.54, 1.807) is 11.3 Å². The normalized spacial score (nSPS) is 10.6. The minimum absolute atomic E-state index is 0.509. The van der Waals surface area contributed by atoms with E-state index in [2.05, 4.69) is 39.7 Å². The average Bonchev–Trinajstić information content (AvgIpc) is 3.12. The maximum Gasteiger partial charge on any atom is 0.211 e. The van der Waals surface area contributed by atoms with Crippen molar-refractivity contribution in [3.05, 3.63) is 48.8 Å². The fourth-order valence-corrected chi connectivity index (χ4v) is 4.08. The van der Waals surface area contributed by atoms with Gasteiger partial charge in [-0.15, -0.1) is 11.3 Å². The van der Waals surface area contributed by atoms with Gasteiger partial charge in [0.2, 0.25) is 6.41 Å². The summed E-state index contributed by atoms with van der Waals surface area (Å²) in [5.41, 5.74) is 9.71. The lowest BCUT2D eigenvalue weighted by atomic mass is 10.0. The number of nitrogens with zero attached hydrogens (tertiary/aromatic N) is 2. The minimum Gasteiger partial charge on any atom is -0.382 e. The third kappa shape index (κ3) is 4.88. The summed E-state index contributed by atoms with van der Waals surface area (Å²) in [4.78, 5) is 19.0. The van der Waals surface area contributed by atoms with Crippen LogP contribution in [0.5, 0.6) is 0 Å². The van der Waals surface area contributed by atoms with Crippen molar-refractivity contribution in [2.24, 2.45) is 0 Å². The minimum atomic E-state index is 0.509. The van der Waals surface area contributed by atoms with Crippen LogP contribution in [0.15, 0.2) is 48.8 Å². The number of anilines is 2. The highest BCUT2D eigenvalue weighted by Gasteiger charge is 2.10. The third-order valence-corrected chi connectivity index (χ3v) is 5.65. The monoisotopic (exact) mass is 407 g/mol. The van der Waals surface area contributed by atoms with E-state index in [-0.39, 0.29) is 0 Å². The molecule has 4 N–H and O–H groups in total. The number of nitrogens with one attached hydrogen (secondary N) is 2. The molecule has 0 aliphatic rings. The van der Waals surface area contributed by atoms with Crippen molar-refractivity contribution in [2.45, 2.75) is 19.8 Å². The summed E-state index contributed by atoms with van der Waals surface area (Å²) in [6.07, 6.45) is 4.76. The van der Waals surface area contributed by atoms with Gasteiger partial charge in [-0.3, -0.25) is 4.79 Å². The second kappa shape index (κ2) is 9.95. The van der Waals surface area contributed by atoms with Crippen molar-refractivity contribution in [3.63, 3.8) is 0 Å². The molecule has 0 spiro atoms. The summed E-state index contributed by atoms with van der Waals surface area (Å²) in [5.74, 6) is 0.509. The highest BCUT2D eigenvalue weighted by molar-refractivity contribution is 7.26. The van der Waals surface area contributed by atoms with E-state index in [0.29, 0.717) is 12.2 Å². The van der Waals surface area contributed by atoms with Crippen LogP contribution in [0.1, 0.15) is 19.8 Å². The zero-order valence-electron chi connectivity index (χ0n) is 16.6. The van der Waals surface area contributed by atoms with E-state index < -0.39 is 0 Å². The molecule has 0 saturated carbocycles. The molecule has 29 heavy (non-hydrogen) atoms. The largest absolute Gasteiger partial charge is 0.382 e. The number of nitrogen functional groups attached to an aromatic ring is 1. The molecule has 2 aromatic heterocycles. The van der Waals surface area contributed by atoms with Crippen LogP contribution >= 0.6 is 11.3 Å². The zero-order valence-corrected chi connectivity index (χ0v) is 17.4. The van der Waals surface area contributed by atoms with Gasteiger partial charge < -0.3 is 16.4 Å². The second-order valence-corrected chi connectivity index (χ2v) is 7.60. The van der Waals surface area contributed by atoms with Gasteiger partial charge in [-0.1, -0.05) is 37.6 Å². The molecule has 0 aliphatic carbocycles. The van der Waals surface area contributed by atoms with Gasteiger partial charge in [0.25, 0.3) is 0 Å². The Hall–Kier alpha value is -3.03. The number of benzene rings is 2. The van der Waals surface area contributed by atoms with Crippen LogP contribution < -0.4 is 16.4 Å². The lowest BCUT2D eigenvalue weighted by Crippen LogP contribution is -2.06. The Bertz CT molecular complexity index is 1100. The Morgan fingerprint density at radius 2 is 1.97 bits per heavy atom. The number of carbonyl (C=O) groups excluding carboxylic acids is 1. The molecule has 0 aliphatic heterocycles. The molecule has 0 bridgehead atoms. The lowest BCUT2D eigenvalue weighted by molar-refractivity contribution is -0.105. The molecule has 150 valence electrons. The van der Waals surface area contributed by atoms with Gasteiger partial charge in [0.15, 0.2) is 0 Å². The molecule has 0 radical (unpaired) electrons. The fraction of sp³-hybridized carbons (Fsp3) is 0.227. The van der Waals surface area contributed by atoms with Gasteiger partial charge in [-0.25, -0.2) is 9.97 Å². The number of amides is 1. The van der Waals surface area contributed by atoms with Crippen LogP contribution in [0.2, 0.25) is 0 Å². The number of thiophene rings is 1. The predicted octanol–water partition coefficient (Wildman–Crippen LogP) is 4.67. The van der Waals surface area contributed by atoms with Crippen molar-refractivity contribution in [1.82, 2.24) is 15.3 Å².